The number of hydrogen-bond donors (Lipinski definition) is 3. The van der Waals surface area contributed by atoms with Gasteiger partial charge in [-0.1, -0.05) is 0 Å². The van der Waals surface area contributed by atoms with Crippen LogP contribution in [0.5, 0.6) is 0 Å². The minimum absolute atomic E-state index is 0.0736. The molecule has 2 amide bonds. The Balaban J connectivity index is 2.41. The first-order valence-corrected chi connectivity index (χ1v) is 5.27. The molecule has 0 fully saturated rings. The van der Waals surface area contributed by atoms with Crippen LogP contribution in [0.25, 0.3) is 0 Å². The number of aliphatic carboxylic acids is 1. The molecule has 1 heterocycles. The number of aryl methyl sites for hydroxylation is 1. The predicted octanol–water partition coefficient (Wildman–Crippen LogP) is -1.28. The number of carboxylic acids is 1. The summed E-state index contributed by atoms with van der Waals surface area (Å²) < 4.78 is 1.55. The Morgan fingerprint density at radius 3 is 2.67 bits per heavy atom. The summed E-state index contributed by atoms with van der Waals surface area (Å²) >= 11 is 0. The van der Waals surface area contributed by atoms with Crippen molar-refractivity contribution in [1.29, 1.82) is 0 Å². The maximum absolute atomic E-state index is 11.5. The van der Waals surface area contributed by atoms with Gasteiger partial charge in [-0.25, -0.2) is 4.79 Å². The summed E-state index contributed by atoms with van der Waals surface area (Å²) in [6, 6.07) is 0.429. The number of carbonyl (C=O) groups excluding carboxylic acids is 2. The quantitative estimate of drug-likeness (QED) is 0.558. The van der Waals surface area contributed by atoms with Gasteiger partial charge in [-0.2, -0.15) is 5.10 Å². The lowest BCUT2D eigenvalue weighted by molar-refractivity contribution is -0.143. The molecular formula is C10H14N4O4. The Kier molecular flexibility index (Phi) is 4.85. The molecule has 18 heavy (non-hydrogen) atoms. The SMILES string of the molecule is NC(=O)C[C@H](NC(=O)CCn1cccn1)C(=O)O. The summed E-state index contributed by atoms with van der Waals surface area (Å²) in [6.45, 7) is 0.335. The molecular weight excluding hydrogens is 240 g/mol. The number of aromatic nitrogens is 2. The number of carbonyl (C=O) groups is 3. The van der Waals surface area contributed by atoms with Gasteiger partial charge in [-0.05, 0) is 6.07 Å². The topological polar surface area (TPSA) is 127 Å². The van der Waals surface area contributed by atoms with Crippen molar-refractivity contribution in [3.63, 3.8) is 0 Å². The van der Waals surface area contributed by atoms with Gasteiger partial charge in [0.25, 0.3) is 0 Å². The molecule has 0 radical (unpaired) electrons. The first-order valence-electron chi connectivity index (χ1n) is 5.27. The predicted molar refractivity (Wildman–Crippen MR) is 60.2 cm³/mol. The van der Waals surface area contributed by atoms with Crippen LogP contribution >= 0.6 is 0 Å². The highest BCUT2D eigenvalue weighted by atomic mass is 16.4. The van der Waals surface area contributed by atoms with Crippen molar-refractivity contribution in [1.82, 2.24) is 15.1 Å². The van der Waals surface area contributed by atoms with E-state index < -0.39 is 30.2 Å². The number of nitrogens with zero attached hydrogens (tertiary/aromatic N) is 2. The van der Waals surface area contributed by atoms with Crippen molar-refractivity contribution < 1.29 is 19.5 Å². The molecule has 1 aromatic heterocycles. The molecule has 98 valence electrons. The number of rotatable bonds is 7. The number of nitrogens with one attached hydrogen (secondary N) is 1. The highest BCUT2D eigenvalue weighted by molar-refractivity contribution is 5.88. The summed E-state index contributed by atoms with van der Waals surface area (Å²) in [5.41, 5.74) is 4.89. The zero-order chi connectivity index (χ0) is 13.5. The third-order valence-electron chi connectivity index (χ3n) is 2.17. The summed E-state index contributed by atoms with van der Waals surface area (Å²) in [4.78, 5) is 32.9. The molecule has 0 spiro atoms. The molecule has 0 bridgehead atoms. The van der Waals surface area contributed by atoms with E-state index in [2.05, 4.69) is 10.4 Å². The first-order chi connectivity index (χ1) is 8.49. The van der Waals surface area contributed by atoms with Crippen LogP contribution < -0.4 is 11.1 Å². The normalized spacial score (nSPS) is 11.8. The van der Waals surface area contributed by atoms with Crippen molar-refractivity contribution in [2.75, 3.05) is 0 Å². The number of carboxylic acid groups (broad SMARTS) is 1. The Bertz CT molecular complexity index is 429. The van der Waals surface area contributed by atoms with Gasteiger partial charge in [0.15, 0.2) is 0 Å². The van der Waals surface area contributed by atoms with Crippen LogP contribution in [0, 0.1) is 0 Å². The van der Waals surface area contributed by atoms with Gasteiger partial charge in [0.1, 0.15) is 6.04 Å². The molecule has 0 aliphatic rings. The second-order valence-electron chi connectivity index (χ2n) is 3.65. The highest BCUT2D eigenvalue weighted by Crippen LogP contribution is 1.95. The average Bonchev–Trinajstić information content (AvgIpc) is 2.77. The molecule has 1 rings (SSSR count). The van der Waals surface area contributed by atoms with Gasteiger partial charge in [0, 0.05) is 25.4 Å². The van der Waals surface area contributed by atoms with E-state index in [4.69, 9.17) is 10.8 Å². The molecule has 0 aromatic carbocycles. The van der Waals surface area contributed by atoms with E-state index in [9.17, 15) is 14.4 Å². The minimum Gasteiger partial charge on any atom is -0.480 e. The summed E-state index contributed by atoms with van der Waals surface area (Å²) in [6.07, 6.45) is 2.91. The van der Waals surface area contributed by atoms with Crippen molar-refractivity contribution >= 4 is 17.8 Å². The van der Waals surface area contributed by atoms with Gasteiger partial charge in [0.2, 0.25) is 11.8 Å². The molecule has 4 N–H and O–H groups in total. The van der Waals surface area contributed by atoms with Crippen LogP contribution in [0.4, 0.5) is 0 Å². The molecule has 0 unspecified atom stereocenters. The zero-order valence-corrected chi connectivity index (χ0v) is 9.57. The third kappa shape index (κ3) is 4.64. The zero-order valence-electron chi connectivity index (χ0n) is 9.57. The number of nitrogens with two attached hydrogens (primary N) is 1. The second-order valence-corrected chi connectivity index (χ2v) is 3.65. The van der Waals surface area contributed by atoms with E-state index in [1.807, 2.05) is 0 Å². The van der Waals surface area contributed by atoms with Gasteiger partial charge in [-0.3, -0.25) is 14.3 Å². The standard InChI is InChI=1S/C10H14N4O4/c11-8(15)6-7(10(17)18)13-9(16)2-5-14-4-1-3-12-14/h1,3-4,7H,2,5-6H2,(H2,11,15)(H,13,16)(H,17,18)/t7-/m0/s1. The fourth-order valence-electron chi connectivity index (χ4n) is 1.32. The molecule has 8 heteroatoms. The van der Waals surface area contributed by atoms with E-state index >= 15 is 0 Å². The summed E-state index contributed by atoms with van der Waals surface area (Å²) in [7, 11) is 0. The lowest BCUT2D eigenvalue weighted by Crippen LogP contribution is -2.43. The van der Waals surface area contributed by atoms with Gasteiger partial charge in [0.05, 0.1) is 6.42 Å². The van der Waals surface area contributed by atoms with Crippen LogP contribution in [-0.2, 0) is 20.9 Å². The summed E-state index contributed by atoms with van der Waals surface area (Å²) in [5, 5.41) is 14.9. The first kappa shape index (κ1) is 13.7. The summed E-state index contributed by atoms with van der Waals surface area (Å²) in [5.74, 6) is -2.55. The maximum Gasteiger partial charge on any atom is 0.326 e. The van der Waals surface area contributed by atoms with Gasteiger partial charge < -0.3 is 16.2 Å². The second kappa shape index (κ2) is 6.38. The highest BCUT2D eigenvalue weighted by Gasteiger charge is 2.21. The van der Waals surface area contributed by atoms with E-state index in [0.29, 0.717) is 6.54 Å². The minimum atomic E-state index is -1.29. The molecule has 1 atom stereocenters. The van der Waals surface area contributed by atoms with E-state index in [-0.39, 0.29) is 6.42 Å². The van der Waals surface area contributed by atoms with Crippen LogP contribution in [0.2, 0.25) is 0 Å². The Labute approximate surface area is 103 Å². The Morgan fingerprint density at radius 2 is 2.17 bits per heavy atom. The van der Waals surface area contributed by atoms with Crippen molar-refractivity contribution in [3.05, 3.63) is 18.5 Å². The largest absolute Gasteiger partial charge is 0.480 e. The number of amides is 2. The number of hydrogen-bond acceptors (Lipinski definition) is 4. The number of primary amides is 1. The monoisotopic (exact) mass is 254 g/mol. The Morgan fingerprint density at radius 1 is 1.44 bits per heavy atom. The van der Waals surface area contributed by atoms with E-state index in [1.54, 1.807) is 23.1 Å². The third-order valence-corrected chi connectivity index (χ3v) is 2.17. The van der Waals surface area contributed by atoms with Gasteiger partial charge >= 0.3 is 5.97 Å². The molecule has 1 aromatic rings. The fraction of sp³-hybridized carbons (Fsp3) is 0.400. The van der Waals surface area contributed by atoms with E-state index in [1.165, 1.54) is 0 Å². The van der Waals surface area contributed by atoms with Crippen LogP contribution in [0.1, 0.15) is 12.8 Å². The Hall–Kier alpha value is -2.38. The smallest absolute Gasteiger partial charge is 0.326 e. The molecule has 0 aliphatic carbocycles. The van der Waals surface area contributed by atoms with Crippen molar-refractivity contribution in [2.45, 2.75) is 25.4 Å². The average molecular weight is 254 g/mol. The van der Waals surface area contributed by atoms with Crippen LogP contribution in [-0.4, -0.2) is 38.7 Å². The lowest BCUT2D eigenvalue weighted by Gasteiger charge is -2.12. The molecule has 0 saturated carbocycles. The maximum atomic E-state index is 11.5. The van der Waals surface area contributed by atoms with Crippen LogP contribution in [0.3, 0.4) is 0 Å². The molecule has 8 nitrogen and oxygen atoms in total. The molecule has 0 aliphatic heterocycles. The van der Waals surface area contributed by atoms with E-state index in [0.717, 1.165) is 0 Å². The van der Waals surface area contributed by atoms with Crippen molar-refractivity contribution in [3.8, 4) is 0 Å². The molecule has 0 saturated heterocycles. The van der Waals surface area contributed by atoms with Crippen LogP contribution in [0.15, 0.2) is 18.5 Å². The van der Waals surface area contributed by atoms with Gasteiger partial charge in [-0.15, -0.1) is 0 Å². The van der Waals surface area contributed by atoms with Crippen molar-refractivity contribution in [2.24, 2.45) is 5.73 Å². The fourth-order valence-corrected chi connectivity index (χ4v) is 1.32. The lowest BCUT2D eigenvalue weighted by atomic mass is 10.2.